The molecule has 2 aromatic rings. The first-order chi connectivity index (χ1) is 9.10. The quantitative estimate of drug-likeness (QED) is 0.732. The standard InChI is InChI=1S/C15H15BrINO/c1-19-15-7-4-12(16)8-11(15)9-14(18)10-2-5-13(17)6-3-10/h2-8,14H,9,18H2,1H3. The van der Waals surface area contributed by atoms with Crippen molar-refractivity contribution in [2.24, 2.45) is 5.73 Å². The van der Waals surface area contributed by atoms with Crippen LogP contribution in [0.5, 0.6) is 5.75 Å². The summed E-state index contributed by atoms with van der Waals surface area (Å²) in [6.45, 7) is 0. The third-order valence-electron chi connectivity index (χ3n) is 2.98. The predicted molar refractivity (Wildman–Crippen MR) is 90.5 cm³/mol. The third kappa shape index (κ3) is 3.94. The van der Waals surface area contributed by atoms with Crippen LogP contribution in [0.2, 0.25) is 0 Å². The Bertz CT molecular complexity index is 557. The molecule has 1 unspecified atom stereocenters. The van der Waals surface area contributed by atoms with Crippen LogP contribution >= 0.6 is 38.5 Å². The lowest BCUT2D eigenvalue weighted by Crippen LogP contribution is -2.13. The fraction of sp³-hybridized carbons (Fsp3) is 0.200. The number of halogens is 2. The fourth-order valence-electron chi connectivity index (χ4n) is 1.97. The number of methoxy groups -OCH3 is 1. The van der Waals surface area contributed by atoms with Gasteiger partial charge in [0.15, 0.2) is 0 Å². The monoisotopic (exact) mass is 431 g/mol. The molecule has 0 amide bonds. The van der Waals surface area contributed by atoms with E-state index in [2.05, 4.69) is 68.9 Å². The Kier molecular flexibility index (Phi) is 5.24. The van der Waals surface area contributed by atoms with E-state index in [1.165, 1.54) is 3.57 Å². The molecule has 19 heavy (non-hydrogen) atoms. The molecular weight excluding hydrogens is 417 g/mol. The molecule has 0 heterocycles. The summed E-state index contributed by atoms with van der Waals surface area (Å²) >= 11 is 5.78. The molecule has 0 spiro atoms. The van der Waals surface area contributed by atoms with E-state index in [0.29, 0.717) is 0 Å². The van der Waals surface area contributed by atoms with E-state index in [0.717, 1.165) is 27.8 Å². The Morgan fingerprint density at radius 3 is 2.53 bits per heavy atom. The van der Waals surface area contributed by atoms with E-state index in [1.54, 1.807) is 7.11 Å². The van der Waals surface area contributed by atoms with Crippen molar-refractivity contribution in [1.29, 1.82) is 0 Å². The summed E-state index contributed by atoms with van der Waals surface area (Å²) in [5.74, 6) is 0.879. The Labute approximate surface area is 135 Å². The SMILES string of the molecule is COc1ccc(Br)cc1CC(N)c1ccc(I)cc1. The molecule has 4 heteroatoms. The molecule has 0 aromatic heterocycles. The number of rotatable bonds is 4. The van der Waals surface area contributed by atoms with Gasteiger partial charge in [0, 0.05) is 14.1 Å². The first-order valence-electron chi connectivity index (χ1n) is 5.93. The highest BCUT2D eigenvalue weighted by molar-refractivity contribution is 14.1. The minimum atomic E-state index is -0.0276. The molecule has 2 nitrogen and oxygen atoms in total. The summed E-state index contributed by atoms with van der Waals surface area (Å²) in [6, 6.07) is 14.3. The fourth-order valence-corrected chi connectivity index (χ4v) is 2.74. The van der Waals surface area contributed by atoms with Crippen molar-refractivity contribution >= 4 is 38.5 Å². The highest BCUT2D eigenvalue weighted by atomic mass is 127. The molecule has 2 aromatic carbocycles. The predicted octanol–water partition coefficient (Wildman–Crippen LogP) is 4.30. The van der Waals surface area contributed by atoms with Gasteiger partial charge in [0.25, 0.3) is 0 Å². The normalized spacial score (nSPS) is 12.2. The maximum Gasteiger partial charge on any atom is 0.122 e. The van der Waals surface area contributed by atoms with E-state index in [9.17, 15) is 0 Å². The van der Waals surface area contributed by atoms with E-state index in [4.69, 9.17) is 10.5 Å². The maximum atomic E-state index is 6.28. The minimum absolute atomic E-state index is 0.0276. The molecule has 0 bridgehead atoms. The molecular formula is C15H15BrINO. The summed E-state index contributed by atoms with van der Waals surface area (Å²) < 4.78 is 7.63. The third-order valence-corrected chi connectivity index (χ3v) is 4.19. The molecule has 100 valence electrons. The molecule has 0 radical (unpaired) electrons. The molecule has 1 atom stereocenters. The lowest BCUT2D eigenvalue weighted by atomic mass is 9.99. The van der Waals surface area contributed by atoms with Crippen molar-refractivity contribution < 1.29 is 4.74 Å². The summed E-state index contributed by atoms with van der Waals surface area (Å²) in [5.41, 5.74) is 8.53. The zero-order valence-electron chi connectivity index (χ0n) is 10.6. The summed E-state index contributed by atoms with van der Waals surface area (Å²) in [5, 5.41) is 0. The Morgan fingerprint density at radius 2 is 1.89 bits per heavy atom. The van der Waals surface area contributed by atoms with Crippen LogP contribution in [0.1, 0.15) is 17.2 Å². The van der Waals surface area contributed by atoms with Crippen molar-refractivity contribution in [3.8, 4) is 5.75 Å². The molecule has 0 saturated carbocycles. The topological polar surface area (TPSA) is 35.2 Å². The van der Waals surface area contributed by atoms with E-state index in [1.807, 2.05) is 12.1 Å². The number of nitrogens with two attached hydrogens (primary N) is 1. The molecule has 2 N–H and O–H groups in total. The van der Waals surface area contributed by atoms with Gasteiger partial charge in [-0.05, 0) is 70.5 Å². The molecule has 0 aliphatic heterocycles. The van der Waals surface area contributed by atoms with Gasteiger partial charge in [-0.15, -0.1) is 0 Å². The molecule has 0 aliphatic carbocycles. The Hall–Kier alpha value is -0.590. The second kappa shape index (κ2) is 6.72. The zero-order valence-corrected chi connectivity index (χ0v) is 14.3. The second-order valence-corrected chi connectivity index (χ2v) is 6.48. The molecule has 0 aliphatic rings. The summed E-state index contributed by atoms with van der Waals surface area (Å²) in [6.07, 6.45) is 0.753. The maximum absolute atomic E-state index is 6.28. The zero-order chi connectivity index (χ0) is 13.8. The first-order valence-corrected chi connectivity index (χ1v) is 7.81. The minimum Gasteiger partial charge on any atom is -0.496 e. The van der Waals surface area contributed by atoms with Gasteiger partial charge in [0.05, 0.1) is 7.11 Å². The summed E-state index contributed by atoms with van der Waals surface area (Å²) in [4.78, 5) is 0. The van der Waals surface area contributed by atoms with Gasteiger partial charge in [0.1, 0.15) is 5.75 Å². The number of hydrogen-bond acceptors (Lipinski definition) is 2. The van der Waals surface area contributed by atoms with Crippen LogP contribution in [0.15, 0.2) is 46.9 Å². The highest BCUT2D eigenvalue weighted by Gasteiger charge is 2.11. The smallest absolute Gasteiger partial charge is 0.122 e. The van der Waals surface area contributed by atoms with Crippen LogP contribution in [0.4, 0.5) is 0 Å². The van der Waals surface area contributed by atoms with Crippen LogP contribution in [-0.2, 0) is 6.42 Å². The van der Waals surface area contributed by atoms with Gasteiger partial charge in [-0.25, -0.2) is 0 Å². The van der Waals surface area contributed by atoms with Gasteiger partial charge in [-0.3, -0.25) is 0 Å². The van der Waals surface area contributed by atoms with E-state index in [-0.39, 0.29) is 6.04 Å². The van der Waals surface area contributed by atoms with Crippen molar-refractivity contribution in [2.45, 2.75) is 12.5 Å². The van der Waals surface area contributed by atoms with Gasteiger partial charge in [0.2, 0.25) is 0 Å². The van der Waals surface area contributed by atoms with Gasteiger partial charge in [-0.2, -0.15) is 0 Å². The second-order valence-electron chi connectivity index (χ2n) is 4.32. The first kappa shape index (κ1) is 14.8. The summed E-state index contributed by atoms with van der Waals surface area (Å²) in [7, 11) is 1.68. The van der Waals surface area contributed by atoms with Crippen molar-refractivity contribution in [2.75, 3.05) is 7.11 Å². The van der Waals surface area contributed by atoms with Gasteiger partial charge < -0.3 is 10.5 Å². The molecule has 0 fully saturated rings. The number of ether oxygens (including phenoxy) is 1. The largest absolute Gasteiger partial charge is 0.496 e. The van der Waals surface area contributed by atoms with E-state index >= 15 is 0 Å². The van der Waals surface area contributed by atoms with Crippen LogP contribution in [0, 0.1) is 3.57 Å². The van der Waals surface area contributed by atoms with Crippen LogP contribution < -0.4 is 10.5 Å². The van der Waals surface area contributed by atoms with E-state index < -0.39 is 0 Å². The van der Waals surface area contributed by atoms with Crippen molar-refractivity contribution in [1.82, 2.24) is 0 Å². The average Bonchev–Trinajstić information content (AvgIpc) is 2.39. The highest BCUT2D eigenvalue weighted by Crippen LogP contribution is 2.27. The van der Waals surface area contributed by atoms with Crippen LogP contribution in [-0.4, -0.2) is 7.11 Å². The van der Waals surface area contributed by atoms with Crippen molar-refractivity contribution in [3.05, 3.63) is 61.6 Å². The average molecular weight is 432 g/mol. The van der Waals surface area contributed by atoms with Crippen molar-refractivity contribution in [3.63, 3.8) is 0 Å². The van der Waals surface area contributed by atoms with Gasteiger partial charge >= 0.3 is 0 Å². The lowest BCUT2D eigenvalue weighted by Gasteiger charge is -2.15. The van der Waals surface area contributed by atoms with Crippen LogP contribution in [0.25, 0.3) is 0 Å². The number of benzene rings is 2. The Morgan fingerprint density at radius 1 is 1.21 bits per heavy atom. The van der Waals surface area contributed by atoms with Crippen LogP contribution in [0.3, 0.4) is 0 Å². The lowest BCUT2D eigenvalue weighted by molar-refractivity contribution is 0.408. The number of hydrogen-bond donors (Lipinski definition) is 1. The Balaban J connectivity index is 2.20. The van der Waals surface area contributed by atoms with Gasteiger partial charge in [-0.1, -0.05) is 28.1 Å². The molecule has 0 saturated heterocycles. The molecule has 2 rings (SSSR count).